The van der Waals surface area contributed by atoms with E-state index in [0.717, 1.165) is 5.56 Å². The minimum atomic E-state index is -0.486. The molecule has 3 heterocycles. The first-order valence-corrected chi connectivity index (χ1v) is 7.52. The van der Waals surface area contributed by atoms with E-state index in [1.165, 1.54) is 6.08 Å². The molecular weight excluding hydrogens is 326 g/mol. The van der Waals surface area contributed by atoms with Gasteiger partial charge >= 0.3 is 5.97 Å². The van der Waals surface area contributed by atoms with Crippen LogP contribution in [0.4, 0.5) is 0 Å². The zero-order chi connectivity index (χ0) is 17.1. The second-order valence-electron chi connectivity index (χ2n) is 5.21. The number of carbonyl (C=O) groups is 1. The summed E-state index contributed by atoms with van der Waals surface area (Å²) < 4.78 is 26.0. The number of nitrogens with zero attached hydrogens (tertiary/aromatic N) is 1. The van der Waals surface area contributed by atoms with E-state index in [0.29, 0.717) is 28.7 Å². The Balaban J connectivity index is 1.33. The van der Waals surface area contributed by atoms with E-state index in [4.69, 9.17) is 23.2 Å². The maximum Gasteiger partial charge on any atom is 0.331 e. The molecule has 1 aliphatic rings. The summed E-state index contributed by atoms with van der Waals surface area (Å²) in [5.74, 6) is 1.90. The highest BCUT2D eigenvalue weighted by molar-refractivity contribution is 5.87. The van der Waals surface area contributed by atoms with Crippen LogP contribution in [0.25, 0.3) is 17.6 Å². The third kappa shape index (κ3) is 3.40. The van der Waals surface area contributed by atoms with E-state index in [-0.39, 0.29) is 13.4 Å². The van der Waals surface area contributed by atoms with Crippen LogP contribution < -0.4 is 9.47 Å². The van der Waals surface area contributed by atoms with Crippen LogP contribution in [-0.4, -0.2) is 17.9 Å². The lowest BCUT2D eigenvalue weighted by atomic mass is 10.2. The third-order valence-corrected chi connectivity index (χ3v) is 3.49. The fraction of sp³-hybridized carbons (Fsp3) is 0.111. The number of aromatic nitrogens is 1. The molecule has 0 fully saturated rings. The van der Waals surface area contributed by atoms with Crippen LogP contribution in [0.2, 0.25) is 0 Å². The second kappa shape index (κ2) is 6.56. The van der Waals surface area contributed by atoms with Gasteiger partial charge in [0.25, 0.3) is 0 Å². The smallest absolute Gasteiger partial charge is 0.331 e. The fourth-order valence-electron chi connectivity index (χ4n) is 2.29. The maximum atomic E-state index is 11.8. The van der Waals surface area contributed by atoms with Crippen molar-refractivity contribution in [3.05, 3.63) is 60.0 Å². The normalized spacial score (nSPS) is 12.6. The van der Waals surface area contributed by atoms with Crippen molar-refractivity contribution >= 4 is 12.0 Å². The van der Waals surface area contributed by atoms with Crippen molar-refractivity contribution < 1.29 is 27.9 Å². The second-order valence-corrected chi connectivity index (χ2v) is 5.21. The highest BCUT2D eigenvalue weighted by Gasteiger charge is 2.13. The lowest BCUT2D eigenvalue weighted by Crippen LogP contribution is -2.00. The molecule has 0 radical (unpaired) electrons. The van der Waals surface area contributed by atoms with Gasteiger partial charge in [0.2, 0.25) is 12.6 Å². The van der Waals surface area contributed by atoms with Gasteiger partial charge in [0.15, 0.2) is 17.3 Å². The Hall–Kier alpha value is -3.48. The number of hydrogen-bond donors (Lipinski definition) is 0. The molecule has 2 aromatic heterocycles. The summed E-state index contributed by atoms with van der Waals surface area (Å²) in [6.45, 7) is 0.219. The van der Waals surface area contributed by atoms with Gasteiger partial charge in [0.1, 0.15) is 12.3 Å². The molecule has 0 N–H and O–H groups in total. The van der Waals surface area contributed by atoms with Crippen molar-refractivity contribution in [2.75, 3.05) is 6.79 Å². The first-order chi connectivity index (χ1) is 12.3. The highest BCUT2D eigenvalue weighted by Crippen LogP contribution is 2.32. The monoisotopic (exact) mass is 339 g/mol. The number of fused-ring (bicyclic) bond motifs is 1. The summed E-state index contributed by atoms with van der Waals surface area (Å²) in [7, 11) is 0. The van der Waals surface area contributed by atoms with Gasteiger partial charge in [-0.2, -0.15) is 0 Å². The molecule has 4 rings (SSSR count). The molecule has 0 saturated carbocycles. The quantitative estimate of drug-likeness (QED) is 0.520. The molecule has 0 unspecified atom stereocenters. The lowest BCUT2D eigenvalue weighted by Gasteiger charge is -1.99. The molecule has 0 bridgehead atoms. The largest absolute Gasteiger partial charge is 0.461 e. The molecule has 3 aromatic rings. The van der Waals surface area contributed by atoms with Gasteiger partial charge in [0.05, 0.1) is 6.26 Å². The van der Waals surface area contributed by atoms with Crippen molar-refractivity contribution in [2.24, 2.45) is 0 Å². The summed E-state index contributed by atoms with van der Waals surface area (Å²) >= 11 is 0. The van der Waals surface area contributed by atoms with Crippen molar-refractivity contribution in [1.29, 1.82) is 0 Å². The van der Waals surface area contributed by atoms with Crippen LogP contribution >= 0.6 is 0 Å². The zero-order valence-corrected chi connectivity index (χ0v) is 13.0. The van der Waals surface area contributed by atoms with Crippen LogP contribution in [0.1, 0.15) is 11.3 Å². The summed E-state index contributed by atoms with van der Waals surface area (Å²) in [4.78, 5) is 11.8. The van der Waals surface area contributed by atoms with Gasteiger partial charge in [0, 0.05) is 12.1 Å². The standard InChI is InChI=1S/C18H13NO6/c20-18(6-4-12-3-5-15-16(8-12)24-11-23-15)22-10-13-9-17(25-19-13)14-2-1-7-21-14/h1-9H,10-11H2/b6-4-. The SMILES string of the molecule is O=C(/C=C\c1ccc2c(c1)OCO2)OCc1cc(-c2ccco2)on1. The van der Waals surface area contributed by atoms with Gasteiger partial charge in [-0.3, -0.25) is 0 Å². The molecule has 7 heteroatoms. The van der Waals surface area contributed by atoms with E-state index in [1.54, 1.807) is 42.7 Å². The average molecular weight is 339 g/mol. The summed E-state index contributed by atoms with van der Waals surface area (Å²) in [6, 6.07) is 10.6. The number of benzene rings is 1. The molecule has 0 aliphatic carbocycles. The van der Waals surface area contributed by atoms with E-state index in [9.17, 15) is 4.79 Å². The number of rotatable bonds is 5. The van der Waals surface area contributed by atoms with Gasteiger partial charge in [-0.25, -0.2) is 4.79 Å². The van der Waals surface area contributed by atoms with Crippen molar-refractivity contribution in [3.63, 3.8) is 0 Å². The molecule has 0 spiro atoms. The van der Waals surface area contributed by atoms with E-state index >= 15 is 0 Å². The molecule has 1 aromatic carbocycles. The first kappa shape index (κ1) is 15.1. The Morgan fingerprint density at radius 2 is 2.08 bits per heavy atom. The summed E-state index contributed by atoms with van der Waals surface area (Å²) in [6.07, 6.45) is 4.52. The summed E-state index contributed by atoms with van der Waals surface area (Å²) in [5, 5.41) is 3.83. The van der Waals surface area contributed by atoms with Gasteiger partial charge in [-0.05, 0) is 35.9 Å². The summed E-state index contributed by atoms with van der Waals surface area (Å²) in [5.41, 5.74) is 1.30. The predicted octanol–water partition coefficient (Wildman–Crippen LogP) is 3.42. The van der Waals surface area contributed by atoms with Gasteiger partial charge in [-0.1, -0.05) is 11.2 Å². The van der Waals surface area contributed by atoms with Crippen molar-refractivity contribution in [3.8, 4) is 23.0 Å². The van der Waals surface area contributed by atoms with Crippen LogP contribution in [0, 0.1) is 0 Å². The molecule has 25 heavy (non-hydrogen) atoms. The zero-order valence-electron chi connectivity index (χ0n) is 13.0. The predicted molar refractivity (Wildman–Crippen MR) is 85.6 cm³/mol. The Morgan fingerprint density at radius 3 is 2.96 bits per heavy atom. The van der Waals surface area contributed by atoms with E-state index < -0.39 is 5.97 Å². The van der Waals surface area contributed by atoms with Crippen LogP contribution in [0.5, 0.6) is 11.5 Å². The average Bonchev–Trinajstić information content (AvgIpc) is 3.38. The Labute approximate surface area is 142 Å². The number of furan rings is 1. The van der Waals surface area contributed by atoms with Crippen LogP contribution in [0.15, 0.2) is 57.7 Å². The van der Waals surface area contributed by atoms with E-state index in [1.807, 2.05) is 6.07 Å². The molecule has 126 valence electrons. The first-order valence-electron chi connectivity index (χ1n) is 7.52. The third-order valence-electron chi connectivity index (χ3n) is 3.49. The Morgan fingerprint density at radius 1 is 1.16 bits per heavy atom. The molecule has 0 saturated heterocycles. The highest BCUT2D eigenvalue weighted by atomic mass is 16.7. The van der Waals surface area contributed by atoms with Gasteiger partial charge < -0.3 is 23.2 Å². The number of esters is 1. The van der Waals surface area contributed by atoms with E-state index in [2.05, 4.69) is 5.16 Å². The molecule has 7 nitrogen and oxygen atoms in total. The topological polar surface area (TPSA) is 83.9 Å². The molecule has 0 atom stereocenters. The van der Waals surface area contributed by atoms with Crippen molar-refractivity contribution in [2.45, 2.75) is 6.61 Å². The minimum Gasteiger partial charge on any atom is -0.461 e. The van der Waals surface area contributed by atoms with Crippen molar-refractivity contribution in [1.82, 2.24) is 5.16 Å². The molecular formula is C18H13NO6. The van der Waals surface area contributed by atoms with Crippen LogP contribution in [0.3, 0.4) is 0 Å². The number of ether oxygens (including phenoxy) is 3. The maximum absolute atomic E-state index is 11.8. The number of carbonyl (C=O) groups excluding carboxylic acids is 1. The van der Waals surface area contributed by atoms with Gasteiger partial charge in [-0.15, -0.1) is 0 Å². The fourth-order valence-corrected chi connectivity index (χ4v) is 2.29. The molecule has 1 aliphatic heterocycles. The van der Waals surface area contributed by atoms with Crippen LogP contribution in [-0.2, 0) is 16.1 Å². The Bertz CT molecular complexity index is 910. The lowest BCUT2D eigenvalue weighted by molar-refractivity contribution is -0.139. The molecule has 0 amide bonds. The number of hydrogen-bond acceptors (Lipinski definition) is 7. The Kier molecular flexibility index (Phi) is 3.96. The minimum absolute atomic E-state index is 0.00845.